The molecule has 5 heteroatoms. The van der Waals surface area contributed by atoms with Gasteiger partial charge < -0.3 is 15.7 Å². The van der Waals surface area contributed by atoms with Crippen LogP contribution in [0, 0.1) is 11.8 Å². The third-order valence-electron chi connectivity index (χ3n) is 4.32. The van der Waals surface area contributed by atoms with Crippen molar-refractivity contribution in [3.05, 3.63) is 0 Å². The van der Waals surface area contributed by atoms with E-state index in [-0.39, 0.29) is 36.3 Å². The zero-order valence-corrected chi connectivity index (χ0v) is 12.4. The number of carbonyl (C=O) groups excluding carboxylic acids is 1. The number of amides is 1. The number of carbonyl (C=O) groups is 1. The van der Waals surface area contributed by atoms with E-state index in [9.17, 15) is 9.90 Å². The fraction of sp³-hybridized carbons (Fsp3) is 0.929. The molecule has 2 atom stereocenters. The van der Waals surface area contributed by atoms with Crippen molar-refractivity contribution in [1.82, 2.24) is 10.6 Å². The van der Waals surface area contributed by atoms with E-state index >= 15 is 0 Å². The van der Waals surface area contributed by atoms with Gasteiger partial charge in [-0.3, -0.25) is 4.79 Å². The second kappa shape index (κ2) is 8.77. The summed E-state index contributed by atoms with van der Waals surface area (Å²) in [6, 6.07) is 0. The Morgan fingerprint density at radius 2 is 1.74 bits per heavy atom. The van der Waals surface area contributed by atoms with E-state index in [1.165, 1.54) is 32.1 Å². The van der Waals surface area contributed by atoms with Crippen LogP contribution < -0.4 is 10.6 Å². The van der Waals surface area contributed by atoms with Gasteiger partial charge in [0.2, 0.25) is 5.91 Å². The van der Waals surface area contributed by atoms with E-state index in [2.05, 4.69) is 10.6 Å². The smallest absolute Gasteiger partial charge is 0.223 e. The topological polar surface area (TPSA) is 61.4 Å². The molecular formula is C14H27ClN2O2. The minimum Gasteiger partial charge on any atom is -0.391 e. The molecule has 3 N–H and O–H groups in total. The number of nitrogens with one attached hydrogen (secondary N) is 2. The normalized spacial score (nSPS) is 29.1. The van der Waals surface area contributed by atoms with Crippen LogP contribution in [0.15, 0.2) is 0 Å². The third kappa shape index (κ3) is 5.28. The molecule has 19 heavy (non-hydrogen) atoms. The molecule has 0 radical (unpaired) electrons. The molecule has 0 aromatic rings. The molecule has 2 unspecified atom stereocenters. The summed E-state index contributed by atoms with van der Waals surface area (Å²) in [6.07, 6.45) is 8.02. The summed E-state index contributed by atoms with van der Waals surface area (Å²) >= 11 is 0. The molecule has 1 saturated heterocycles. The van der Waals surface area contributed by atoms with Crippen LogP contribution >= 0.6 is 12.4 Å². The predicted octanol–water partition coefficient (Wildman–Crippen LogP) is 1.47. The lowest BCUT2D eigenvalue weighted by Gasteiger charge is -2.21. The summed E-state index contributed by atoms with van der Waals surface area (Å²) in [5, 5.41) is 15.9. The van der Waals surface area contributed by atoms with Crippen LogP contribution in [0.5, 0.6) is 0 Å². The van der Waals surface area contributed by atoms with Gasteiger partial charge in [-0.05, 0) is 12.8 Å². The van der Waals surface area contributed by atoms with Crippen molar-refractivity contribution in [3.63, 3.8) is 0 Å². The number of aliphatic hydroxyl groups is 1. The Bertz CT molecular complexity index is 268. The summed E-state index contributed by atoms with van der Waals surface area (Å²) in [5.74, 6) is 0.593. The van der Waals surface area contributed by atoms with Gasteiger partial charge in [0.05, 0.1) is 6.10 Å². The standard InChI is InChI=1S/C14H26N2O2.ClH/c17-13-10-15-8-12(13)9-16-14(18)11-6-4-2-1-3-5-7-11;/h11-13,15,17H,1-10H2,(H,16,18);1H. The van der Waals surface area contributed by atoms with Crippen molar-refractivity contribution >= 4 is 18.3 Å². The first-order valence-electron chi connectivity index (χ1n) is 7.44. The molecule has 1 heterocycles. The highest BCUT2D eigenvalue weighted by Crippen LogP contribution is 2.22. The molecule has 1 saturated carbocycles. The van der Waals surface area contributed by atoms with Gasteiger partial charge in [-0.25, -0.2) is 0 Å². The highest BCUT2D eigenvalue weighted by atomic mass is 35.5. The van der Waals surface area contributed by atoms with Crippen molar-refractivity contribution in [2.24, 2.45) is 11.8 Å². The van der Waals surface area contributed by atoms with Gasteiger partial charge in [0.25, 0.3) is 0 Å². The van der Waals surface area contributed by atoms with Gasteiger partial charge in [0.15, 0.2) is 0 Å². The SMILES string of the molecule is Cl.O=C(NCC1CNCC1O)C1CCCCCCC1. The first kappa shape index (κ1) is 16.7. The van der Waals surface area contributed by atoms with Gasteiger partial charge in [0.1, 0.15) is 0 Å². The lowest BCUT2D eigenvalue weighted by atomic mass is 9.90. The van der Waals surface area contributed by atoms with E-state index in [1.54, 1.807) is 0 Å². The Hall–Kier alpha value is -0.320. The summed E-state index contributed by atoms with van der Waals surface area (Å²) in [4.78, 5) is 12.1. The van der Waals surface area contributed by atoms with Gasteiger partial charge in [-0.15, -0.1) is 12.4 Å². The van der Waals surface area contributed by atoms with Crippen LogP contribution in [0.4, 0.5) is 0 Å². The van der Waals surface area contributed by atoms with Gasteiger partial charge in [0, 0.05) is 31.5 Å². The van der Waals surface area contributed by atoms with Crippen molar-refractivity contribution in [2.75, 3.05) is 19.6 Å². The van der Waals surface area contributed by atoms with E-state index in [0.717, 1.165) is 19.4 Å². The maximum absolute atomic E-state index is 12.1. The summed E-state index contributed by atoms with van der Waals surface area (Å²) in [7, 11) is 0. The van der Waals surface area contributed by atoms with E-state index < -0.39 is 0 Å². The van der Waals surface area contributed by atoms with Crippen LogP contribution in [0.3, 0.4) is 0 Å². The summed E-state index contributed by atoms with van der Waals surface area (Å²) < 4.78 is 0. The minimum absolute atomic E-state index is 0. The molecule has 112 valence electrons. The molecule has 0 aromatic carbocycles. The quantitative estimate of drug-likeness (QED) is 0.738. The highest BCUT2D eigenvalue weighted by molar-refractivity contribution is 5.85. The zero-order chi connectivity index (χ0) is 12.8. The molecule has 2 aliphatic rings. The molecular weight excluding hydrogens is 264 g/mol. The molecule has 4 nitrogen and oxygen atoms in total. The Kier molecular flexibility index (Phi) is 7.73. The Morgan fingerprint density at radius 3 is 2.32 bits per heavy atom. The minimum atomic E-state index is -0.303. The lowest BCUT2D eigenvalue weighted by Crippen LogP contribution is -2.38. The predicted molar refractivity (Wildman–Crippen MR) is 78.4 cm³/mol. The Balaban J connectivity index is 0.00000180. The van der Waals surface area contributed by atoms with Gasteiger partial charge in [-0.1, -0.05) is 32.1 Å². The van der Waals surface area contributed by atoms with E-state index in [1.807, 2.05) is 0 Å². The van der Waals surface area contributed by atoms with Crippen molar-refractivity contribution in [1.29, 1.82) is 0 Å². The fourth-order valence-electron chi connectivity index (χ4n) is 3.02. The Labute approximate surface area is 122 Å². The Morgan fingerprint density at radius 1 is 1.11 bits per heavy atom. The maximum Gasteiger partial charge on any atom is 0.223 e. The molecule has 2 fully saturated rings. The third-order valence-corrected chi connectivity index (χ3v) is 4.32. The van der Waals surface area contributed by atoms with Crippen molar-refractivity contribution in [2.45, 2.75) is 51.0 Å². The lowest BCUT2D eigenvalue weighted by molar-refractivity contribution is -0.125. The number of β-amino-alcohol motifs (C(OH)–C–C–N with tert-alkyl or cyclic N) is 1. The van der Waals surface area contributed by atoms with Crippen LogP contribution in [0.2, 0.25) is 0 Å². The van der Waals surface area contributed by atoms with Crippen LogP contribution in [0.1, 0.15) is 44.9 Å². The van der Waals surface area contributed by atoms with Crippen LogP contribution in [-0.4, -0.2) is 36.8 Å². The number of rotatable bonds is 3. The second-order valence-corrected chi connectivity index (χ2v) is 5.77. The van der Waals surface area contributed by atoms with Crippen molar-refractivity contribution in [3.8, 4) is 0 Å². The van der Waals surface area contributed by atoms with E-state index in [4.69, 9.17) is 0 Å². The van der Waals surface area contributed by atoms with E-state index in [0.29, 0.717) is 13.1 Å². The average Bonchev–Trinajstić information content (AvgIpc) is 2.71. The second-order valence-electron chi connectivity index (χ2n) is 5.77. The molecule has 1 amide bonds. The van der Waals surface area contributed by atoms with Crippen LogP contribution in [0.25, 0.3) is 0 Å². The molecule has 2 rings (SSSR count). The number of halogens is 1. The monoisotopic (exact) mass is 290 g/mol. The number of hydrogen-bond acceptors (Lipinski definition) is 3. The van der Waals surface area contributed by atoms with Crippen LogP contribution in [-0.2, 0) is 4.79 Å². The number of hydrogen-bond donors (Lipinski definition) is 3. The molecule has 0 aromatic heterocycles. The highest BCUT2D eigenvalue weighted by Gasteiger charge is 2.26. The zero-order valence-electron chi connectivity index (χ0n) is 11.6. The van der Waals surface area contributed by atoms with Gasteiger partial charge >= 0.3 is 0 Å². The molecule has 1 aliphatic carbocycles. The van der Waals surface area contributed by atoms with Gasteiger partial charge in [-0.2, -0.15) is 0 Å². The largest absolute Gasteiger partial charge is 0.391 e. The summed E-state index contributed by atoms with van der Waals surface area (Å²) in [5.41, 5.74) is 0. The first-order chi connectivity index (χ1) is 8.77. The molecule has 1 aliphatic heterocycles. The summed E-state index contributed by atoms with van der Waals surface area (Å²) in [6.45, 7) is 2.08. The molecule has 0 bridgehead atoms. The number of aliphatic hydroxyl groups excluding tert-OH is 1. The average molecular weight is 291 g/mol. The van der Waals surface area contributed by atoms with Crippen molar-refractivity contribution < 1.29 is 9.90 Å². The first-order valence-corrected chi connectivity index (χ1v) is 7.44. The maximum atomic E-state index is 12.1. The fourth-order valence-corrected chi connectivity index (χ4v) is 3.02. The molecule has 0 spiro atoms.